The topological polar surface area (TPSA) is 72.3 Å². The van der Waals surface area contributed by atoms with E-state index in [0.29, 0.717) is 22.5 Å². The van der Waals surface area contributed by atoms with Gasteiger partial charge in [0.15, 0.2) is 5.58 Å². The van der Waals surface area contributed by atoms with Crippen molar-refractivity contribution in [1.82, 2.24) is 5.16 Å². The summed E-state index contributed by atoms with van der Waals surface area (Å²) in [6.45, 7) is 0. The van der Waals surface area contributed by atoms with Gasteiger partial charge in [0.1, 0.15) is 11.4 Å². The molecule has 0 aliphatic carbocycles. The molecule has 17 heavy (non-hydrogen) atoms. The van der Waals surface area contributed by atoms with Crippen LogP contribution >= 0.6 is 0 Å². The van der Waals surface area contributed by atoms with Crippen molar-refractivity contribution in [3.63, 3.8) is 0 Å². The van der Waals surface area contributed by atoms with Gasteiger partial charge in [-0.15, -0.1) is 0 Å². The van der Waals surface area contributed by atoms with Crippen LogP contribution in [0.1, 0.15) is 0 Å². The monoisotopic (exact) mass is 226 g/mol. The zero-order chi connectivity index (χ0) is 11.8. The lowest BCUT2D eigenvalue weighted by Crippen LogP contribution is -1.83. The number of hydrogen-bond donors (Lipinski definition) is 2. The molecule has 3 rings (SSSR count). The number of para-hydroxylation sites is 1. The highest BCUT2D eigenvalue weighted by atomic mass is 16.5. The Bertz CT molecular complexity index is 689. The predicted molar refractivity (Wildman–Crippen MR) is 65.5 cm³/mol. The summed E-state index contributed by atoms with van der Waals surface area (Å²) >= 11 is 0. The molecule has 84 valence electrons. The van der Waals surface area contributed by atoms with Gasteiger partial charge in [0.05, 0.1) is 5.39 Å². The predicted octanol–water partition coefficient (Wildman–Crippen LogP) is 2.78. The van der Waals surface area contributed by atoms with Gasteiger partial charge in [-0.3, -0.25) is 0 Å². The minimum atomic E-state index is 0.171. The number of fused-ring (bicyclic) bond motifs is 1. The Morgan fingerprint density at radius 2 is 1.94 bits per heavy atom. The van der Waals surface area contributed by atoms with E-state index in [-0.39, 0.29) is 5.75 Å². The first-order valence-electron chi connectivity index (χ1n) is 5.19. The van der Waals surface area contributed by atoms with E-state index < -0.39 is 0 Å². The maximum absolute atomic E-state index is 9.80. The van der Waals surface area contributed by atoms with Crippen LogP contribution in [-0.2, 0) is 0 Å². The number of phenols is 1. The molecule has 0 amide bonds. The highest BCUT2D eigenvalue weighted by Gasteiger charge is 2.13. The number of aromatic hydroxyl groups is 1. The highest BCUT2D eigenvalue weighted by Crippen LogP contribution is 2.34. The van der Waals surface area contributed by atoms with Crippen LogP contribution in [0.25, 0.3) is 22.2 Å². The van der Waals surface area contributed by atoms with Crippen molar-refractivity contribution in [2.45, 2.75) is 0 Å². The van der Waals surface area contributed by atoms with Crippen LogP contribution in [0.5, 0.6) is 5.75 Å². The molecule has 3 N–H and O–H groups in total. The lowest BCUT2D eigenvalue weighted by molar-refractivity contribution is 0.455. The first-order chi connectivity index (χ1) is 8.25. The molecule has 0 spiro atoms. The SMILES string of the molecule is Nc1ccc2onc(-c3ccccc3O)c2c1. The summed E-state index contributed by atoms with van der Waals surface area (Å²) in [5, 5.41) is 14.6. The van der Waals surface area contributed by atoms with Crippen LogP contribution < -0.4 is 5.73 Å². The van der Waals surface area contributed by atoms with Crippen molar-refractivity contribution < 1.29 is 9.63 Å². The number of rotatable bonds is 1. The molecule has 2 aromatic carbocycles. The molecular weight excluding hydrogens is 216 g/mol. The molecule has 0 saturated heterocycles. The molecule has 1 heterocycles. The molecular formula is C13H10N2O2. The molecule has 0 radical (unpaired) electrons. The molecule has 0 atom stereocenters. The van der Waals surface area contributed by atoms with Crippen LogP contribution in [0.2, 0.25) is 0 Å². The van der Waals surface area contributed by atoms with E-state index in [9.17, 15) is 5.11 Å². The molecule has 0 fully saturated rings. The Hall–Kier alpha value is -2.49. The Labute approximate surface area is 97.3 Å². The number of hydrogen-bond acceptors (Lipinski definition) is 4. The van der Waals surface area contributed by atoms with Crippen LogP contribution in [-0.4, -0.2) is 10.3 Å². The summed E-state index contributed by atoms with van der Waals surface area (Å²) in [6, 6.07) is 12.3. The first-order valence-corrected chi connectivity index (χ1v) is 5.19. The third-order valence-corrected chi connectivity index (χ3v) is 2.65. The molecule has 3 aromatic rings. The van der Waals surface area contributed by atoms with Gasteiger partial charge in [-0.1, -0.05) is 17.3 Å². The number of phenolic OH excluding ortho intramolecular Hbond substituents is 1. The quantitative estimate of drug-likeness (QED) is 0.626. The number of nitrogen functional groups attached to an aromatic ring is 1. The fourth-order valence-corrected chi connectivity index (χ4v) is 1.82. The van der Waals surface area contributed by atoms with E-state index in [2.05, 4.69) is 5.16 Å². The first kappa shape index (κ1) is 9.72. The number of aromatic nitrogens is 1. The lowest BCUT2D eigenvalue weighted by Gasteiger charge is -2.00. The summed E-state index contributed by atoms with van der Waals surface area (Å²) in [5.41, 5.74) is 8.26. The van der Waals surface area contributed by atoms with Crippen molar-refractivity contribution in [2.75, 3.05) is 5.73 Å². The summed E-state index contributed by atoms with van der Waals surface area (Å²) < 4.78 is 5.20. The fourth-order valence-electron chi connectivity index (χ4n) is 1.82. The van der Waals surface area contributed by atoms with E-state index in [4.69, 9.17) is 10.3 Å². The number of benzene rings is 2. The van der Waals surface area contributed by atoms with E-state index in [1.807, 2.05) is 6.07 Å². The molecule has 0 saturated carbocycles. The number of anilines is 1. The van der Waals surface area contributed by atoms with E-state index in [0.717, 1.165) is 5.39 Å². The van der Waals surface area contributed by atoms with E-state index in [1.165, 1.54) is 0 Å². The average molecular weight is 226 g/mol. The van der Waals surface area contributed by atoms with Gasteiger partial charge in [0.2, 0.25) is 0 Å². The normalized spacial score (nSPS) is 10.8. The fraction of sp³-hybridized carbons (Fsp3) is 0. The Kier molecular flexibility index (Phi) is 2.01. The van der Waals surface area contributed by atoms with Crippen molar-refractivity contribution >= 4 is 16.7 Å². The largest absolute Gasteiger partial charge is 0.507 e. The Balaban J connectivity index is 2.31. The summed E-state index contributed by atoms with van der Waals surface area (Å²) in [4.78, 5) is 0. The van der Waals surface area contributed by atoms with Gasteiger partial charge in [0.25, 0.3) is 0 Å². The summed E-state index contributed by atoms with van der Waals surface area (Å²) in [7, 11) is 0. The minimum Gasteiger partial charge on any atom is -0.507 e. The molecule has 0 unspecified atom stereocenters. The van der Waals surface area contributed by atoms with Gasteiger partial charge in [-0.25, -0.2) is 0 Å². The van der Waals surface area contributed by atoms with Crippen LogP contribution in [0.15, 0.2) is 47.0 Å². The summed E-state index contributed by atoms with van der Waals surface area (Å²) in [5.74, 6) is 0.171. The van der Waals surface area contributed by atoms with E-state index in [1.54, 1.807) is 36.4 Å². The van der Waals surface area contributed by atoms with Gasteiger partial charge in [-0.05, 0) is 30.3 Å². The third-order valence-electron chi connectivity index (χ3n) is 2.65. The zero-order valence-corrected chi connectivity index (χ0v) is 8.92. The van der Waals surface area contributed by atoms with Gasteiger partial charge < -0.3 is 15.4 Å². The highest BCUT2D eigenvalue weighted by molar-refractivity contribution is 5.94. The summed E-state index contributed by atoms with van der Waals surface area (Å²) in [6.07, 6.45) is 0. The van der Waals surface area contributed by atoms with Gasteiger partial charge >= 0.3 is 0 Å². The minimum absolute atomic E-state index is 0.171. The van der Waals surface area contributed by atoms with Crippen molar-refractivity contribution in [2.24, 2.45) is 0 Å². The Morgan fingerprint density at radius 3 is 2.76 bits per heavy atom. The smallest absolute Gasteiger partial charge is 0.167 e. The maximum Gasteiger partial charge on any atom is 0.167 e. The lowest BCUT2D eigenvalue weighted by atomic mass is 10.1. The standard InChI is InChI=1S/C13H10N2O2/c14-8-5-6-12-10(7-8)13(15-17-12)9-3-1-2-4-11(9)16/h1-7,16H,14H2. The molecule has 0 bridgehead atoms. The van der Waals surface area contributed by atoms with Gasteiger partial charge in [0, 0.05) is 11.3 Å². The Morgan fingerprint density at radius 1 is 1.12 bits per heavy atom. The molecule has 4 heteroatoms. The third kappa shape index (κ3) is 1.50. The maximum atomic E-state index is 9.80. The molecule has 1 aromatic heterocycles. The van der Waals surface area contributed by atoms with Crippen LogP contribution in [0.4, 0.5) is 5.69 Å². The van der Waals surface area contributed by atoms with Crippen LogP contribution in [0.3, 0.4) is 0 Å². The number of nitrogens with two attached hydrogens (primary N) is 1. The van der Waals surface area contributed by atoms with Crippen molar-refractivity contribution in [3.05, 3.63) is 42.5 Å². The molecule has 0 aliphatic rings. The van der Waals surface area contributed by atoms with Gasteiger partial charge in [-0.2, -0.15) is 0 Å². The van der Waals surface area contributed by atoms with Crippen molar-refractivity contribution in [1.29, 1.82) is 0 Å². The second-order valence-corrected chi connectivity index (χ2v) is 3.80. The second-order valence-electron chi connectivity index (χ2n) is 3.80. The zero-order valence-electron chi connectivity index (χ0n) is 8.92. The van der Waals surface area contributed by atoms with E-state index >= 15 is 0 Å². The molecule has 4 nitrogen and oxygen atoms in total. The van der Waals surface area contributed by atoms with Crippen molar-refractivity contribution in [3.8, 4) is 17.0 Å². The average Bonchev–Trinajstić information content (AvgIpc) is 2.72. The second kappa shape index (κ2) is 3.52. The number of nitrogens with zero attached hydrogens (tertiary/aromatic N) is 1. The van der Waals surface area contributed by atoms with Crippen LogP contribution in [0, 0.1) is 0 Å². The molecule has 0 aliphatic heterocycles.